The first-order valence-corrected chi connectivity index (χ1v) is 6.98. The molecule has 1 aromatic heterocycles. The smallest absolute Gasteiger partial charge is 0.140 e. The van der Waals surface area contributed by atoms with E-state index >= 15 is 0 Å². The van der Waals surface area contributed by atoms with Crippen molar-refractivity contribution in [2.24, 2.45) is 0 Å². The highest BCUT2D eigenvalue weighted by molar-refractivity contribution is 5.25. The van der Waals surface area contributed by atoms with Gasteiger partial charge in [-0.1, -0.05) is 26.7 Å². The lowest BCUT2D eigenvalue weighted by Gasteiger charge is -2.09. The number of aryl methyl sites for hydroxylation is 1. The molecule has 0 aromatic carbocycles. The van der Waals surface area contributed by atoms with E-state index in [4.69, 9.17) is 4.74 Å². The van der Waals surface area contributed by atoms with Gasteiger partial charge in [-0.3, -0.25) is 4.98 Å². The molecule has 1 aromatic rings. The molecule has 0 aliphatic rings. The van der Waals surface area contributed by atoms with Crippen LogP contribution in [0.15, 0.2) is 18.3 Å². The van der Waals surface area contributed by atoms with E-state index in [0.29, 0.717) is 6.04 Å². The van der Waals surface area contributed by atoms with Crippen molar-refractivity contribution in [3.8, 4) is 5.75 Å². The third-order valence-corrected chi connectivity index (χ3v) is 2.84. The van der Waals surface area contributed by atoms with Crippen LogP contribution in [0.2, 0.25) is 0 Å². The Balaban J connectivity index is 1.98. The van der Waals surface area contributed by atoms with Crippen LogP contribution in [0.25, 0.3) is 0 Å². The van der Waals surface area contributed by atoms with Gasteiger partial charge >= 0.3 is 0 Å². The van der Waals surface area contributed by atoms with Crippen LogP contribution < -0.4 is 10.1 Å². The zero-order chi connectivity index (χ0) is 13.2. The molecule has 0 spiro atoms. The summed E-state index contributed by atoms with van der Waals surface area (Å²) in [5, 5.41) is 3.43. The molecule has 1 heterocycles. The maximum atomic E-state index is 5.70. The highest BCUT2D eigenvalue weighted by Gasteiger charge is 1.98. The summed E-state index contributed by atoms with van der Waals surface area (Å²) in [6.45, 7) is 8.27. The lowest BCUT2D eigenvalue weighted by molar-refractivity contribution is 0.301. The number of hydrogen-bond donors (Lipinski definition) is 1. The van der Waals surface area contributed by atoms with Crippen LogP contribution in [0.5, 0.6) is 5.75 Å². The van der Waals surface area contributed by atoms with Crippen molar-refractivity contribution in [2.75, 3.05) is 13.2 Å². The van der Waals surface area contributed by atoms with E-state index in [0.717, 1.165) is 31.0 Å². The highest BCUT2D eigenvalue weighted by Crippen LogP contribution is 2.14. The average Bonchev–Trinajstić information content (AvgIpc) is 2.34. The summed E-state index contributed by atoms with van der Waals surface area (Å²) in [5.74, 6) is 0.916. The van der Waals surface area contributed by atoms with E-state index in [1.807, 2.05) is 19.1 Å². The predicted octanol–water partition coefficient (Wildman–Crippen LogP) is 3.33. The average molecular weight is 250 g/mol. The number of ether oxygens (including phenoxy) is 1. The van der Waals surface area contributed by atoms with E-state index < -0.39 is 0 Å². The first-order valence-electron chi connectivity index (χ1n) is 6.98. The molecular formula is C15H26N2O. The number of hydrogen-bond acceptors (Lipinski definition) is 3. The van der Waals surface area contributed by atoms with Gasteiger partial charge in [0.1, 0.15) is 5.75 Å². The lowest BCUT2D eigenvalue weighted by Crippen LogP contribution is -2.23. The highest BCUT2D eigenvalue weighted by atomic mass is 16.5. The van der Waals surface area contributed by atoms with Gasteiger partial charge in [-0.15, -0.1) is 0 Å². The Hall–Kier alpha value is -1.09. The summed E-state index contributed by atoms with van der Waals surface area (Å²) in [5.41, 5.74) is 0.971. The fraction of sp³-hybridized carbons (Fsp3) is 0.667. The Morgan fingerprint density at radius 2 is 2.00 bits per heavy atom. The molecule has 0 amide bonds. The molecule has 3 heteroatoms. The van der Waals surface area contributed by atoms with Crippen molar-refractivity contribution in [2.45, 2.75) is 52.5 Å². The van der Waals surface area contributed by atoms with E-state index in [2.05, 4.69) is 24.1 Å². The molecule has 0 bridgehead atoms. The first kappa shape index (κ1) is 15.0. The molecule has 1 N–H and O–H groups in total. The number of rotatable bonds is 9. The maximum absolute atomic E-state index is 5.70. The van der Waals surface area contributed by atoms with Gasteiger partial charge in [-0.2, -0.15) is 0 Å². The van der Waals surface area contributed by atoms with Gasteiger partial charge < -0.3 is 10.1 Å². The standard InChI is InChI=1S/C15H26N2O/c1-13(2)16-10-6-4-5-7-12-18-15-9-8-11-17-14(15)3/h8-9,11,13,16H,4-7,10,12H2,1-3H3. The van der Waals surface area contributed by atoms with Gasteiger partial charge in [0.25, 0.3) is 0 Å². The summed E-state index contributed by atoms with van der Waals surface area (Å²) >= 11 is 0. The zero-order valence-electron chi connectivity index (χ0n) is 11.9. The van der Waals surface area contributed by atoms with Gasteiger partial charge in [0.2, 0.25) is 0 Å². The normalized spacial score (nSPS) is 10.9. The molecule has 0 fully saturated rings. The maximum Gasteiger partial charge on any atom is 0.140 e. The summed E-state index contributed by atoms with van der Waals surface area (Å²) in [6.07, 6.45) is 6.68. The van der Waals surface area contributed by atoms with Crippen LogP contribution in [0.1, 0.15) is 45.2 Å². The van der Waals surface area contributed by atoms with E-state index in [-0.39, 0.29) is 0 Å². The van der Waals surface area contributed by atoms with Gasteiger partial charge in [-0.25, -0.2) is 0 Å². The van der Waals surface area contributed by atoms with Crippen LogP contribution in [0, 0.1) is 6.92 Å². The summed E-state index contributed by atoms with van der Waals surface area (Å²) in [7, 11) is 0. The Bertz CT molecular complexity index is 326. The zero-order valence-corrected chi connectivity index (χ0v) is 11.9. The van der Waals surface area contributed by atoms with Crippen LogP contribution >= 0.6 is 0 Å². The van der Waals surface area contributed by atoms with Crippen LogP contribution in [0.4, 0.5) is 0 Å². The largest absolute Gasteiger partial charge is 0.492 e. The van der Waals surface area contributed by atoms with Gasteiger partial charge in [0, 0.05) is 12.2 Å². The third-order valence-electron chi connectivity index (χ3n) is 2.84. The first-order chi connectivity index (χ1) is 8.70. The predicted molar refractivity (Wildman–Crippen MR) is 76.1 cm³/mol. The second kappa shape index (κ2) is 8.92. The van der Waals surface area contributed by atoms with Crippen molar-refractivity contribution < 1.29 is 4.74 Å². The quantitative estimate of drug-likeness (QED) is 0.683. The second-order valence-electron chi connectivity index (χ2n) is 4.96. The van der Waals surface area contributed by atoms with E-state index in [9.17, 15) is 0 Å². The molecule has 3 nitrogen and oxygen atoms in total. The molecule has 0 aliphatic heterocycles. The SMILES string of the molecule is Cc1ncccc1OCCCCCCNC(C)C. The minimum atomic E-state index is 0.599. The van der Waals surface area contributed by atoms with Crippen LogP contribution in [-0.4, -0.2) is 24.2 Å². The van der Waals surface area contributed by atoms with Crippen molar-refractivity contribution in [1.29, 1.82) is 0 Å². The molecule has 0 aliphatic carbocycles. The van der Waals surface area contributed by atoms with Gasteiger partial charge in [-0.05, 0) is 38.4 Å². The Labute approximate surface area is 111 Å². The summed E-state index contributed by atoms with van der Waals surface area (Å²) in [6, 6.07) is 4.50. The molecule has 0 saturated heterocycles. The Kier molecular flexibility index (Phi) is 7.42. The van der Waals surface area contributed by atoms with Gasteiger partial charge in [0.15, 0.2) is 0 Å². The fourth-order valence-corrected chi connectivity index (χ4v) is 1.78. The van der Waals surface area contributed by atoms with Crippen LogP contribution in [0.3, 0.4) is 0 Å². The number of unbranched alkanes of at least 4 members (excludes halogenated alkanes) is 3. The molecule has 18 heavy (non-hydrogen) atoms. The second-order valence-corrected chi connectivity index (χ2v) is 4.96. The van der Waals surface area contributed by atoms with Crippen molar-refractivity contribution in [3.05, 3.63) is 24.0 Å². The Morgan fingerprint density at radius 1 is 1.22 bits per heavy atom. The molecule has 0 unspecified atom stereocenters. The molecule has 0 atom stereocenters. The van der Waals surface area contributed by atoms with Crippen LogP contribution in [-0.2, 0) is 0 Å². The third kappa shape index (κ3) is 6.60. The van der Waals surface area contributed by atoms with Crippen molar-refractivity contribution >= 4 is 0 Å². The number of aromatic nitrogens is 1. The fourth-order valence-electron chi connectivity index (χ4n) is 1.78. The van der Waals surface area contributed by atoms with E-state index in [1.165, 1.54) is 19.3 Å². The minimum Gasteiger partial charge on any atom is -0.492 e. The molecule has 1 rings (SSSR count). The molecule has 0 radical (unpaired) electrons. The van der Waals surface area contributed by atoms with E-state index in [1.54, 1.807) is 6.20 Å². The topological polar surface area (TPSA) is 34.1 Å². The summed E-state index contributed by atoms with van der Waals surface area (Å²) in [4.78, 5) is 4.20. The number of nitrogens with one attached hydrogen (secondary N) is 1. The molecule has 0 saturated carbocycles. The van der Waals surface area contributed by atoms with Crippen molar-refractivity contribution in [3.63, 3.8) is 0 Å². The minimum absolute atomic E-state index is 0.599. The molecule has 102 valence electrons. The number of pyridine rings is 1. The summed E-state index contributed by atoms with van der Waals surface area (Å²) < 4.78 is 5.70. The number of nitrogens with zero attached hydrogens (tertiary/aromatic N) is 1. The molecular weight excluding hydrogens is 224 g/mol. The van der Waals surface area contributed by atoms with Crippen molar-refractivity contribution in [1.82, 2.24) is 10.3 Å². The Morgan fingerprint density at radius 3 is 2.72 bits per heavy atom. The van der Waals surface area contributed by atoms with Gasteiger partial charge in [0.05, 0.1) is 12.3 Å². The lowest BCUT2D eigenvalue weighted by atomic mass is 10.2. The monoisotopic (exact) mass is 250 g/mol.